The summed E-state index contributed by atoms with van der Waals surface area (Å²) in [6.07, 6.45) is 1.91. The van der Waals surface area contributed by atoms with Crippen molar-refractivity contribution < 1.29 is 13.2 Å². The number of rotatable bonds is 5. The lowest BCUT2D eigenvalue weighted by Crippen LogP contribution is -2.33. The maximum atomic E-state index is 11.5. The topological polar surface area (TPSA) is 54.5 Å². The minimum atomic E-state index is -3.50. The Labute approximate surface area is 106 Å². The standard InChI is InChI=1S/C11H14ClNO3S/c1-3-9-4-6-10(7-5-9)13(8-11(12)14)17(2,15)16/h4-7H,3,8H2,1-2H3. The quantitative estimate of drug-likeness (QED) is 0.770. The second-order valence-corrected chi connectivity index (χ2v) is 5.97. The molecule has 0 saturated heterocycles. The number of hydrogen-bond acceptors (Lipinski definition) is 3. The molecule has 0 bridgehead atoms. The number of carbonyl (C=O) groups is 1. The molecule has 0 aliphatic heterocycles. The van der Waals surface area contributed by atoms with Gasteiger partial charge in [-0.05, 0) is 35.7 Å². The largest absolute Gasteiger partial charge is 0.279 e. The summed E-state index contributed by atoms with van der Waals surface area (Å²) in [5.74, 6) is 0. The summed E-state index contributed by atoms with van der Waals surface area (Å²) >= 11 is 5.24. The predicted molar refractivity (Wildman–Crippen MR) is 68.9 cm³/mol. The van der Waals surface area contributed by atoms with Gasteiger partial charge in [0.15, 0.2) is 0 Å². The van der Waals surface area contributed by atoms with Gasteiger partial charge in [-0.3, -0.25) is 9.10 Å². The third-order valence-electron chi connectivity index (χ3n) is 2.30. The summed E-state index contributed by atoms with van der Waals surface area (Å²) in [5.41, 5.74) is 1.54. The Morgan fingerprint density at radius 3 is 2.18 bits per heavy atom. The molecule has 0 unspecified atom stereocenters. The number of anilines is 1. The molecule has 0 heterocycles. The molecule has 6 heteroatoms. The molecular formula is C11H14ClNO3S. The van der Waals surface area contributed by atoms with Crippen molar-refractivity contribution in [2.45, 2.75) is 13.3 Å². The first-order valence-corrected chi connectivity index (χ1v) is 7.32. The van der Waals surface area contributed by atoms with Crippen molar-refractivity contribution in [3.8, 4) is 0 Å². The van der Waals surface area contributed by atoms with Crippen LogP contribution in [0, 0.1) is 0 Å². The number of hydrogen-bond donors (Lipinski definition) is 0. The lowest BCUT2D eigenvalue weighted by Gasteiger charge is -2.20. The summed E-state index contributed by atoms with van der Waals surface area (Å²) < 4.78 is 24.1. The molecule has 0 aromatic heterocycles. The van der Waals surface area contributed by atoms with Gasteiger partial charge in [0.1, 0.15) is 6.54 Å². The van der Waals surface area contributed by atoms with Crippen LogP contribution >= 0.6 is 11.6 Å². The van der Waals surface area contributed by atoms with E-state index in [4.69, 9.17) is 11.6 Å². The number of nitrogens with zero attached hydrogens (tertiary/aromatic N) is 1. The van der Waals surface area contributed by atoms with E-state index in [1.165, 1.54) is 0 Å². The monoisotopic (exact) mass is 275 g/mol. The van der Waals surface area contributed by atoms with Crippen molar-refractivity contribution in [1.82, 2.24) is 0 Å². The Kier molecular flexibility index (Phi) is 4.54. The fraction of sp³-hybridized carbons (Fsp3) is 0.364. The zero-order valence-corrected chi connectivity index (χ0v) is 11.3. The molecule has 0 spiro atoms. The zero-order chi connectivity index (χ0) is 13.1. The van der Waals surface area contributed by atoms with Gasteiger partial charge >= 0.3 is 0 Å². The molecule has 0 atom stereocenters. The lowest BCUT2D eigenvalue weighted by molar-refractivity contribution is -0.110. The number of halogens is 1. The Bertz CT molecular complexity index is 496. The van der Waals surface area contributed by atoms with Gasteiger partial charge < -0.3 is 0 Å². The van der Waals surface area contributed by atoms with E-state index in [0.717, 1.165) is 22.5 Å². The molecule has 1 rings (SSSR count). The Morgan fingerprint density at radius 2 is 1.82 bits per heavy atom. The van der Waals surface area contributed by atoms with Crippen LogP contribution < -0.4 is 4.31 Å². The maximum absolute atomic E-state index is 11.5. The highest BCUT2D eigenvalue weighted by molar-refractivity contribution is 7.92. The first-order valence-electron chi connectivity index (χ1n) is 5.09. The fourth-order valence-electron chi connectivity index (χ4n) is 1.41. The Morgan fingerprint density at radius 1 is 1.29 bits per heavy atom. The van der Waals surface area contributed by atoms with E-state index in [9.17, 15) is 13.2 Å². The van der Waals surface area contributed by atoms with Crippen molar-refractivity contribution in [1.29, 1.82) is 0 Å². The Hall–Kier alpha value is -1.07. The highest BCUT2D eigenvalue weighted by Gasteiger charge is 2.19. The van der Waals surface area contributed by atoms with E-state index in [-0.39, 0.29) is 6.54 Å². The average molecular weight is 276 g/mol. The summed E-state index contributed by atoms with van der Waals surface area (Å²) in [6, 6.07) is 6.98. The Balaban J connectivity index is 3.09. The smallest absolute Gasteiger partial charge is 0.242 e. The van der Waals surface area contributed by atoms with Gasteiger partial charge in [-0.25, -0.2) is 8.42 Å². The first kappa shape index (κ1) is 14.0. The van der Waals surface area contributed by atoms with Crippen LogP contribution in [-0.4, -0.2) is 26.5 Å². The van der Waals surface area contributed by atoms with Gasteiger partial charge in [-0.1, -0.05) is 19.1 Å². The van der Waals surface area contributed by atoms with Crippen molar-refractivity contribution in [3.63, 3.8) is 0 Å². The molecular weight excluding hydrogens is 262 g/mol. The first-order chi connectivity index (χ1) is 7.84. The van der Waals surface area contributed by atoms with Crippen LogP contribution in [0.4, 0.5) is 5.69 Å². The zero-order valence-electron chi connectivity index (χ0n) is 9.68. The van der Waals surface area contributed by atoms with Crippen LogP contribution in [0.5, 0.6) is 0 Å². The van der Waals surface area contributed by atoms with Crippen molar-refractivity contribution in [2.24, 2.45) is 0 Å². The molecule has 0 fully saturated rings. The van der Waals surface area contributed by atoms with Crippen LogP contribution in [0.25, 0.3) is 0 Å². The molecule has 0 amide bonds. The molecule has 1 aromatic carbocycles. The predicted octanol–water partition coefficient (Wildman–Crippen LogP) is 1.78. The normalized spacial score (nSPS) is 11.2. The van der Waals surface area contributed by atoms with Crippen molar-refractivity contribution in [2.75, 3.05) is 17.1 Å². The van der Waals surface area contributed by atoms with Crippen LogP contribution in [-0.2, 0) is 21.2 Å². The van der Waals surface area contributed by atoms with Crippen LogP contribution in [0.3, 0.4) is 0 Å². The van der Waals surface area contributed by atoms with Crippen LogP contribution in [0.1, 0.15) is 12.5 Å². The van der Waals surface area contributed by atoms with E-state index in [1.54, 1.807) is 12.1 Å². The summed E-state index contributed by atoms with van der Waals surface area (Å²) in [5, 5.41) is -0.713. The summed E-state index contributed by atoms with van der Waals surface area (Å²) in [4.78, 5) is 10.9. The van der Waals surface area contributed by atoms with Crippen molar-refractivity contribution in [3.05, 3.63) is 29.8 Å². The third-order valence-corrected chi connectivity index (χ3v) is 3.56. The second-order valence-electron chi connectivity index (χ2n) is 3.64. The maximum Gasteiger partial charge on any atom is 0.242 e. The molecule has 0 aliphatic carbocycles. The molecule has 0 saturated carbocycles. The number of benzene rings is 1. The third kappa shape index (κ3) is 4.02. The van der Waals surface area contributed by atoms with Gasteiger partial charge in [0.25, 0.3) is 0 Å². The molecule has 94 valence electrons. The van der Waals surface area contributed by atoms with Gasteiger partial charge in [0.05, 0.1) is 11.9 Å². The minimum Gasteiger partial charge on any atom is -0.279 e. The van der Waals surface area contributed by atoms with Crippen LogP contribution in [0.2, 0.25) is 0 Å². The van der Waals surface area contributed by atoms with E-state index in [1.807, 2.05) is 19.1 Å². The van der Waals surface area contributed by atoms with E-state index in [2.05, 4.69) is 0 Å². The lowest BCUT2D eigenvalue weighted by atomic mass is 10.1. The average Bonchev–Trinajstić information content (AvgIpc) is 2.24. The second kappa shape index (κ2) is 5.51. The molecule has 0 aliphatic rings. The van der Waals surface area contributed by atoms with E-state index >= 15 is 0 Å². The number of aryl methyl sites for hydroxylation is 1. The summed E-state index contributed by atoms with van der Waals surface area (Å²) in [6.45, 7) is 1.65. The van der Waals surface area contributed by atoms with E-state index < -0.39 is 15.3 Å². The minimum absolute atomic E-state index is 0.355. The molecule has 17 heavy (non-hydrogen) atoms. The molecule has 0 radical (unpaired) electrons. The summed E-state index contributed by atoms with van der Waals surface area (Å²) in [7, 11) is -3.50. The SMILES string of the molecule is CCc1ccc(N(CC(=O)Cl)S(C)(=O)=O)cc1. The fourth-order valence-corrected chi connectivity index (χ4v) is 2.46. The highest BCUT2D eigenvalue weighted by atomic mass is 35.5. The molecule has 0 N–H and O–H groups in total. The van der Waals surface area contributed by atoms with Gasteiger partial charge in [0, 0.05) is 0 Å². The van der Waals surface area contributed by atoms with Gasteiger partial charge in [-0.15, -0.1) is 0 Å². The van der Waals surface area contributed by atoms with Gasteiger partial charge in [-0.2, -0.15) is 0 Å². The number of carbonyl (C=O) groups excluding carboxylic acids is 1. The van der Waals surface area contributed by atoms with Crippen molar-refractivity contribution >= 4 is 32.6 Å². The molecule has 1 aromatic rings. The van der Waals surface area contributed by atoms with E-state index in [0.29, 0.717) is 5.69 Å². The highest BCUT2D eigenvalue weighted by Crippen LogP contribution is 2.18. The van der Waals surface area contributed by atoms with Gasteiger partial charge in [0.2, 0.25) is 15.3 Å². The van der Waals surface area contributed by atoms with Crippen LogP contribution in [0.15, 0.2) is 24.3 Å². The number of sulfonamides is 1. The molecule has 4 nitrogen and oxygen atoms in total.